The van der Waals surface area contributed by atoms with Crippen LogP contribution in [0, 0.1) is 5.41 Å². The van der Waals surface area contributed by atoms with E-state index in [9.17, 15) is 14.7 Å². The maximum Gasteiger partial charge on any atom is 0.248 e. The highest BCUT2D eigenvalue weighted by molar-refractivity contribution is 5.90. The second kappa shape index (κ2) is 8.93. The van der Waals surface area contributed by atoms with Crippen LogP contribution in [0.2, 0.25) is 0 Å². The second-order valence-corrected chi connectivity index (χ2v) is 9.77. The number of nitrogens with zero attached hydrogens (tertiary/aromatic N) is 6. The summed E-state index contributed by atoms with van der Waals surface area (Å²) in [5, 5.41) is 21.7. The van der Waals surface area contributed by atoms with E-state index in [1.165, 1.54) is 4.90 Å². The molecular formula is C22H31N7O3. The third kappa shape index (κ3) is 4.95. The van der Waals surface area contributed by atoms with Gasteiger partial charge in [-0.3, -0.25) is 9.59 Å². The van der Waals surface area contributed by atoms with Crippen molar-refractivity contribution in [3.8, 4) is 0 Å². The zero-order valence-corrected chi connectivity index (χ0v) is 18.8. The number of aromatic nitrogens is 5. The van der Waals surface area contributed by atoms with Crippen molar-refractivity contribution in [2.75, 3.05) is 13.1 Å². The van der Waals surface area contributed by atoms with Crippen molar-refractivity contribution in [1.29, 1.82) is 0 Å². The average Bonchev–Trinajstić information content (AvgIpc) is 3.35. The summed E-state index contributed by atoms with van der Waals surface area (Å²) in [5.74, 6) is 0.557. The Labute approximate surface area is 187 Å². The fourth-order valence-electron chi connectivity index (χ4n) is 4.20. The van der Waals surface area contributed by atoms with E-state index in [1.54, 1.807) is 23.1 Å². The molecule has 2 aliphatic rings. The Bertz CT molecular complexity index is 952. The van der Waals surface area contributed by atoms with Crippen LogP contribution < -0.4 is 5.32 Å². The Morgan fingerprint density at radius 1 is 1.25 bits per heavy atom. The van der Waals surface area contributed by atoms with Gasteiger partial charge in [0.25, 0.3) is 0 Å². The molecule has 0 spiro atoms. The third-order valence-electron chi connectivity index (χ3n) is 5.97. The van der Waals surface area contributed by atoms with Gasteiger partial charge in [-0.1, -0.05) is 26.0 Å². The zero-order valence-electron chi connectivity index (χ0n) is 18.8. The minimum Gasteiger partial charge on any atom is -0.391 e. The van der Waals surface area contributed by atoms with Crippen molar-refractivity contribution in [1.82, 2.24) is 35.2 Å². The number of carbonyl (C=O) groups is 2. The van der Waals surface area contributed by atoms with Gasteiger partial charge in [0.2, 0.25) is 11.8 Å². The lowest BCUT2D eigenvalue weighted by atomic mass is 9.85. The van der Waals surface area contributed by atoms with Crippen molar-refractivity contribution in [3.05, 3.63) is 36.2 Å². The second-order valence-electron chi connectivity index (χ2n) is 9.77. The molecule has 2 aromatic rings. The maximum absolute atomic E-state index is 13.7. The summed E-state index contributed by atoms with van der Waals surface area (Å²) < 4.78 is 1.63. The molecule has 1 aliphatic heterocycles. The Kier molecular flexibility index (Phi) is 6.23. The molecule has 1 aliphatic carbocycles. The first kappa shape index (κ1) is 22.3. The molecule has 0 unspecified atom stereocenters. The monoisotopic (exact) mass is 441 g/mol. The van der Waals surface area contributed by atoms with E-state index < -0.39 is 23.6 Å². The van der Waals surface area contributed by atoms with Crippen molar-refractivity contribution >= 4 is 11.8 Å². The van der Waals surface area contributed by atoms with Gasteiger partial charge in [0, 0.05) is 50.4 Å². The largest absolute Gasteiger partial charge is 0.391 e. The Hall–Kier alpha value is -2.88. The number of aliphatic hydroxyl groups is 1. The van der Waals surface area contributed by atoms with E-state index in [0.717, 1.165) is 18.5 Å². The van der Waals surface area contributed by atoms with Gasteiger partial charge in [0.1, 0.15) is 17.9 Å². The summed E-state index contributed by atoms with van der Waals surface area (Å²) in [6.07, 6.45) is 7.32. The molecule has 4 rings (SSSR count). The molecule has 32 heavy (non-hydrogen) atoms. The van der Waals surface area contributed by atoms with Crippen molar-refractivity contribution in [2.24, 2.45) is 5.41 Å². The van der Waals surface area contributed by atoms with Gasteiger partial charge in [-0.25, -0.2) is 14.6 Å². The molecule has 3 heterocycles. The Morgan fingerprint density at radius 3 is 2.62 bits per heavy atom. The van der Waals surface area contributed by atoms with Crippen molar-refractivity contribution < 1.29 is 14.7 Å². The number of β-amino-alcohol motifs (C(OH)–C–C–N with tert-alkyl or cyclic N) is 1. The van der Waals surface area contributed by atoms with Gasteiger partial charge in [-0.15, -0.1) is 5.10 Å². The first-order chi connectivity index (χ1) is 15.2. The predicted octanol–water partition coefficient (Wildman–Crippen LogP) is 0.853. The number of likely N-dealkylation sites (tertiary alicyclic amines) is 1. The molecule has 1 saturated heterocycles. The predicted molar refractivity (Wildman–Crippen MR) is 115 cm³/mol. The molecule has 2 amide bonds. The number of amides is 2. The minimum atomic E-state index is -0.745. The van der Waals surface area contributed by atoms with Crippen LogP contribution in [0.25, 0.3) is 0 Å². The molecule has 172 valence electrons. The van der Waals surface area contributed by atoms with Crippen LogP contribution in [0.4, 0.5) is 0 Å². The molecule has 2 aromatic heterocycles. The third-order valence-corrected chi connectivity index (χ3v) is 5.97. The lowest BCUT2D eigenvalue weighted by Crippen LogP contribution is -2.50. The van der Waals surface area contributed by atoms with Crippen LogP contribution in [0.5, 0.6) is 0 Å². The number of carbonyl (C=O) groups excluding carboxylic acids is 2. The first-order valence-corrected chi connectivity index (χ1v) is 11.2. The highest BCUT2D eigenvalue weighted by Crippen LogP contribution is 2.40. The Morgan fingerprint density at radius 2 is 1.97 bits per heavy atom. The zero-order chi connectivity index (χ0) is 22.9. The van der Waals surface area contributed by atoms with Gasteiger partial charge >= 0.3 is 0 Å². The minimum absolute atomic E-state index is 0.121. The number of aliphatic hydroxyl groups excluding tert-OH is 1. The van der Waals surface area contributed by atoms with Crippen LogP contribution >= 0.6 is 0 Å². The fourth-order valence-corrected chi connectivity index (χ4v) is 4.20. The maximum atomic E-state index is 13.7. The fraction of sp³-hybridized carbons (Fsp3) is 0.636. The quantitative estimate of drug-likeness (QED) is 0.652. The summed E-state index contributed by atoms with van der Waals surface area (Å²) in [5.41, 5.74) is 0.455. The molecule has 0 bridgehead atoms. The van der Waals surface area contributed by atoms with Gasteiger partial charge < -0.3 is 15.3 Å². The van der Waals surface area contributed by atoms with Crippen molar-refractivity contribution in [2.45, 2.75) is 70.6 Å². The average molecular weight is 442 g/mol. The number of rotatable bonds is 7. The van der Waals surface area contributed by atoms with E-state index in [-0.39, 0.29) is 24.8 Å². The van der Waals surface area contributed by atoms with Gasteiger partial charge in [0.05, 0.1) is 11.8 Å². The molecular weight excluding hydrogens is 410 g/mol. The topological polar surface area (TPSA) is 126 Å². The van der Waals surface area contributed by atoms with Crippen LogP contribution in [0.15, 0.2) is 24.7 Å². The standard InChI is InChI=1S/C22H31N7O3/c1-22(2,3)19(29-13-16(26-27-29)14-5-6-14)21(32)28-12-15(30)11-17(28)20(31)25-10-7-18-23-8-4-9-24-18/h4,8-9,13-15,17,19,30H,5-7,10-12H2,1-3H3,(H,25,31)/t15-,17+,19-/m1/s1. The molecule has 1 saturated carbocycles. The summed E-state index contributed by atoms with van der Waals surface area (Å²) in [4.78, 5) is 36.4. The first-order valence-electron chi connectivity index (χ1n) is 11.2. The number of hydrogen-bond acceptors (Lipinski definition) is 7. The summed E-state index contributed by atoms with van der Waals surface area (Å²) in [7, 11) is 0. The van der Waals surface area contributed by atoms with Crippen LogP contribution in [-0.2, 0) is 16.0 Å². The van der Waals surface area contributed by atoms with Gasteiger partial charge in [0.15, 0.2) is 0 Å². The molecule has 0 aromatic carbocycles. The lowest BCUT2D eigenvalue weighted by Gasteiger charge is -2.34. The smallest absolute Gasteiger partial charge is 0.248 e. The van der Waals surface area contributed by atoms with E-state index in [4.69, 9.17) is 0 Å². The molecule has 0 radical (unpaired) electrons. The number of hydrogen-bond donors (Lipinski definition) is 2. The molecule has 2 N–H and O–H groups in total. The highest BCUT2D eigenvalue weighted by atomic mass is 16.3. The molecule has 2 fully saturated rings. The SMILES string of the molecule is CC(C)(C)[C@@H](C(=O)N1C[C@H](O)C[C@H]1C(=O)NCCc1ncccn1)n1cc(C2CC2)nn1. The van der Waals surface area contributed by atoms with Crippen LogP contribution in [-0.4, -0.2) is 72.0 Å². The number of nitrogens with one attached hydrogen (secondary N) is 1. The van der Waals surface area contributed by atoms with Gasteiger partial charge in [-0.05, 0) is 24.3 Å². The molecule has 10 heteroatoms. The van der Waals surface area contributed by atoms with E-state index in [2.05, 4.69) is 25.6 Å². The van der Waals surface area contributed by atoms with Crippen LogP contribution in [0.1, 0.15) is 63.5 Å². The summed E-state index contributed by atoms with van der Waals surface area (Å²) in [6, 6.07) is 0.381. The highest BCUT2D eigenvalue weighted by Gasteiger charge is 2.45. The lowest BCUT2D eigenvalue weighted by molar-refractivity contribution is -0.144. The van der Waals surface area contributed by atoms with Crippen LogP contribution in [0.3, 0.4) is 0 Å². The van der Waals surface area contributed by atoms with Crippen molar-refractivity contribution in [3.63, 3.8) is 0 Å². The van der Waals surface area contributed by atoms with E-state index >= 15 is 0 Å². The molecule has 10 nitrogen and oxygen atoms in total. The summed E-state index contributed by atoms with van der Waals surface area (Å²) >= 11 is 0. The van der Waals surface area contributed by atoms with Gasteiger partial charge in [-0.2, -0.15) is 0 Å². The summed E-state index contributed by atoms with van der Waals surface area (Å²) in [6.45, 7) is 6.38. The van der Waals surface area contributed by atoms with E-state index in [0.29, 0.717) is 24.7 Å². The normalized spacial score (nSPS) is 22.1. The molecule has 3 atom stereocenters. The van der Waals surface area contributed by atoms with E-state index in [1.807, 2.05) is 27.0 Å². The Balaban J connectivity index is 1.47.